The second kappa shape index (κ2) is 20.0. The van der Waals surface area contributed by atoms with Gasteiger partial charge in [0.15, 0.2) is 0 Å². The summed E-state index contributed by atoms with van der Waals surface area (Å²) in [7, 11) is 0. The summed E-state index contributed by atoms with van der Waals surface area (Å²) in [6.07, 6.45) is 1.24. The number of hydrogen-bond acceptors (Lipinski definition) is 9. The lowest BCUT2D eigenvalue weighted by Crippen LogP contribution is -2.15. The topological polar surface area (TPSA) is 127 Å². The minimum atomic E-state index is -0.863. The van der Waals surface area contributed by atoms with Gasteiger partial charge in [0.2, 0.25) is 0 Å². The lowest BCUT2D eigenvalue weighted by atomic mass is 10.2. The zero-order valence-corrected chi connectivity index (χ0v) is 16.5. The highest BCUT2D eigenvalue weighted by Crippen LogP contribution is 2.01. The largest absolute Gasteiger partial charge is 0.481 e. The van der Waals surface area contributed by atoms with Gasteiger partial charge in [-0.15, -0.1) is 0 Å². The van der Waals surface area contributed by atoms with Gasteiger partial charge in [-0.3, -0.25) is 14.4 Å². The molecule has 0 saturated carbocycles. The van der Waals surface area contributed by atoms with E-state index >= 15 is 0 Å². The average Bonchev–Trinajstić information content (AvgIpc) is 2.64. The van der Waals surface area contributed by atoms with Crippen molar-refractivity contribution in [1.29, 1.82) is 0 Å². The van der Waals surface area contributed by atoms with Gasteiger partial charge in [-0.1, -0.05) is 0 Å². The number of carbonyl (C=O) groups is 3. The molecule has 0 aliphatic rings. The van der Waals surface area contributed by atoms with Crippen LogP contribution in [0.4, 0.5) is 0 Å². The summed E-state index contributed by atoms with van der Waals surface area (Å²) in [6.45, 7) is 4.89. The number of carbonyl (C=O) groups excluding carboxylic acids is 2. The molecule has 0 amide bonds. The molecule has 10 nitrogen and oxygen atoms in total. The molecule has 28 heavy (non-hydrogen) atoms. The Hall–Kier alpha value is -1.75. The van der Waals surface area contributed by atoms with Crippen molar-refractivity contribution in [2.45, 2.75) is 32.6 Å². The minimum absolute atomic E-state index is 0.0624. The summed E-state index contributed by atoms with van der Waals surface area (Å²) < 4.78 is 30.7. The molecule has 1 N–H and O–H groups in total. The first kappa shape index (κ1) is 26.2. The van der Waals surface area contributed by atoms with Crippen LogP contribution < -0.4 is 0 Å². The van der Waals surface area contributed by atoms with Crippen molar-refractivity contribution in [3.8, 4) is 0 Å². The van der Waals surface area contributed by atoms with Gasteiger partial charge in [-0.05, 0) is 12.8 Å². The summed E-state index contributed by atoms with van der Waals surface area (Å²) in [5, 5.41) is 8.48. The molecular formula is C18H32O10. The van der Waals surface area contributed by atoms with E-state index in [1.807, 2.05) is 0 Å². The highest BCUT2D eigenvalue weighted by molar-refractivity contribution is 5.69. The summed E-state index contributed by atoms with van der Waals surface area (Å²) in [5.41, 5.74) is 0. The van der Waals surface area contributed by atoms with E-state index in [1.165, 1.54) is 6.92 Å². The van der Waals surface area contributed by atoms with E-state index in [-0.39, 0.29) is 44.6 Å². The van der Waals surface area contributed by atoms with E-state index in [0.29, 0.717) is 59.1 Å². The Kier molecular flexibility index (Phi) is 18.7. The van der Waals surface area contributed by atoms with Crippen molar-refractivity contribution < 1.29 is 47.9 Å². The highest BCUT2D eigenvalue weighted by atomic mass is 16.6. The van der Waals surface area contributed by atoms with Crippen LogP contribution in [-0.2, 0) is 42.8 Å². The number of carboxylic acids is 1. The van der Waals surface area contributed by atoms with Gasteiger partial charge < -0.3 is 33.5 Å². The summed E-state index contributed by atoms with van der Waals surface area (Å²) >= 11 is 0. The number of ether oxygens (including phenoxy) is 6. The van der Waals surface area contributed by atoms with Crippen LogP contribution in [0.5, 0.6) is 0 Å². The third-order valence-electron chi connectivity index (χ3n) is 3.16. The van der Waals surface area contributed by atoms with Crippen LogP contribution in [0.25, 0.3) is 0 Å². The lowest BCUT2D eigenvalue weighted by Gasteiger charge is -2.08. The van der Waals surface area contributed by atoms with E-state index in [0.717, 1.165) is 0 Å². The molecule has 0 aliphatic carbocycles. The molecule has 0 heterocycles. The van der Waals surface area contributed by atoms with Gasteiger partial charge >= 0.3 is 17.9 Å². The third-order valence-corrected chi connectivity index (χ3v) is 3.16. The zero-order valence-electron chi connectivity index (χ0n) is 16.5. The van der Waals surface area contributed by atoms with Crippen molar-refractivity contribution >= 4 is 17.9 Å². The quantitative estimate of drug-likeness (QED) is 0.228. The Morgan fingerprint density at radius 3 is 1.43 bits per heavy atom. The first-order valence-corrected chi connectivity index (χ1v) is 9.34. The molecule has 0 aromatic heterocycles. The van der Waals surface area contributed by atoms with Crippen molar-refractivity contribution in [1.82, 2.24) is 0 Å². The monoisotopic (exact) mass is 408 g/mol. The normalized spacial score (nSPS) is 10.6. The molecular weight excluding hydrogens is 376 g/mol. The number of carboxylic acid groups (broad SMARTS) is 1. The highest BCUT2D eigenvalue weighted by Gasteiger charge is 2.04. The van der Waals surface area contributed by atoms with Crippen LogP contribution in [0.3, 0.4) is 0 Å². The fourth-order valence-electron chi connectivity index (χ4n) is 1.84. The first-order chi connectivity index (χ1) is 13.5. The number of aliphatic carboxylic acids is 1. The summed E-state index contributed by atoms with van der Waals surface area (Å²) in [4.78, 5) is 32.2. The SMILES string of the molecule is CC(=O)OCCOCCOCCOCCOCCOC(=O)CCCCC(=O)O. The Balaban J connectivity index is 3.14. The molecule has 0 fully saturated rings. The van der Waals surface area contributed by atoms with Gasteiger partial charge in [0.25, 0.3) is 0 Å². The van der Waals surface area contributed by atoms with Crippen molar-refractivity contribution in [3.05, 3.63) is 0 Å². The Labute approximate surface area is 165 Å². The predicted octanol–water partition coefficient (Wildman–Crippen LogP) is 0.804. The average molecular weight is 408 g/mol. The maximum atomic E-state index is 11.4. The number of unbranched alkanes of at least 4 members (excludes halogenated alkanes) is 1. The fourth-order valence-corrected chi connectivity index (χ4v) is 1.84. The van der Waals surface area contributed by atoms with E-state index in [9.17, 15) is 14.4 Å². The smallest absolute Gasteiger partial charge is 0.305 e. The van der Waals surface area contributed by atoms with Crippen LogP contribution in [0.1, 0.15) is 32.6 Å². The molecule has 0 atom stereocenters. The van der Waals surface area contributed by atoms with Gasteiger partial charge in [-0.2, -0.15) is 0 Å². The number of esters is 2. The molecule has 0 saturated heterocycles. The second-order valence-corrected chi connectivity index (χ2v) is 5.61. The predicted molar refractivity (Wildman–Crippen MR) is 97.0 cm³/mol. The van der Waals surface area contributed by atoms with Crippen LogP contribution >= 0.6 is 0 Å². The summed E-state index contributed by atoms with van der Waals surface area (Å²) in [5.74, 6) is -1.54. The molecule has 164 valence electrons. The first-order valence-electron chi connectivity index (χ1n) is 9.34. The third kappa shape index (κ3) is 22.3. The molecule has 0 aliphatic heterocycles. The van der Waals surface area contributed by atoms with E-state index < -0.39 is 5.97 Å². The number of rotatable bonds is 20. The van der Waals surface area contributed by atoms with Gasteiger partial charge in [0.05, 0.1) is 52.9 Å². The van der Waals surface area contributed by atoms with Crippen molar-refractivity contribution in [2.24, 2.45) is 0 Å². The molecule has 0 bridgehead atoms. The maximum Gasteiger partial charge on any atom is 0.305 e. The molecule has 0 aromatic carbocycles. The van der Waals surface area contributed by atoms with Gasteiger partial charge in [0.1, 0.15) is 13.2 Å². The van der Waals surface area contributed by atoms with E-state index in [1.54, 1.807) is 0 Å². The molecule has 0 aromatic rings. The van der Waals surface area contributed by atoms with Gasteiger partial charge in [-0.25, -0.2) is 0 Å². The lowest BCUT2D eigenvalue weighted by molar-refractivity contribution is -0.146. The van der Waals surface area contributed by atoms with Crippen molar-refractivity contribution in [2.75, 3.05) is 66.1 Å². The van der Waals surface area contributed by atoms with Crippen LogP contribution in [0.2, 0.25) is 0 Å². The molecule has 10 heteroatoms. The summed E-state index contributed by atoms with van der Waals surface area (Å²) in [6, 6.07) is 0. The standard InChI is InChI=1S/C18H32O10/c1-16(19)27-14-12-25-10-8-23-6-7-24-9-11-26-13-15-28-18(22)5-3-2-4-17(20)21/h2-15H2,1H3,(H,20,21). The second-order valence-electron chi connectivity index (χ2n) is 5.61. The zero-order chi connectivity index (χ0) is 20.9. The Bertz CT molecular complexity index is 413. The Morgan fingerprint density at radius 2 is 1.00 bits per heavy atom. The van der Waals surface area contributed by atoms with Gasteiger partial charge in [0, 0.05) is 19.8 Å². The van der Waals surface area contributed by atoms with E-state index in [4.69, 9.17) is 33.5 Å². The Morgan fingerprint density at radius 1 is 0.607 bits per heavy atom. The van der Waals surface area contributed by atoms with Crippen LogP contribution in [-0.4, -0.2) is 89.1 Å². The number of hydrogen-bond donors (Lipinski definition) is 1. The van der Waals surface area contributed by atoms with E-state index in [2.05, 4.69) is 0 Å². The molecule has 0 radical (unpaired) electrons. The fraction of sp³-hybridized carbons (Fsp3) is 0.833. The maximum absolute atomic E-state index is 11.4. The van der Waals surface area contributed by atoms with Crippen LogP contribution in [0.15, 0.2) is 0 Å². The molecule has 0 unspecified atom stereocenters. The van der Waals surface area contributed by atoms with Crippen molar-refractivity contribution in [3.63, 3.8) is 0 Å². The van der Waals surface area contributed by atoms with Crippen LogP contribution in [0, 0.1) is 0 Å². The molecule has 0 spiro atoms. The molecule has 0 rings (SSSR count). The minimum Gasteiger partial charge on any atom is -0.481 e.